The van der Waals surface area contributed by atoms with Gasteiger partial charge in [-0.3, -0.25) is 4.79 Å². The van der Waals surface area contributed by atoms with E-state index in [0.29, 0.717) is 5.56 Å². The first-order chi connectivity index (χ1) is 7.70. The first-order valence-corrected chi connectivity index (χ1v) is 5.67. The van der Waals surface area contributed by atoms with Crippen molar-refractivity contribution < 1.29 is 9.90 Å². The molecule has 0 unspecified atom stereocenters. The van der Waals surface area contributed by atoms with Crippen molar-refractivity contribution >= 4 is 22.2 Å². The maximum Gasteiger partial charge on any atom is 0.262 e. The van der Waals surface area contributed by atoms with Gasteiger partial charge in [0.1, 0.15) is 5.75 Å². The molecule has 0 radical (unpaired) electrons. The fourth-order valence-corrected chi connectivity index (χ4v) is 2.09. The number of hydrogen-bond donors (Lipinski definition) is 1. The summed E-state index contributed by atoms with van der Waals surface area (Å²) in [5.41, 5.74) is 0.318. The number of phenols is 1. The highest BCUT2D eigenvalue weighted by atomic mass is 32.1. The Kier molecular flexibility index (Phi) is 2.92. The molecule has 0 spiro atoms. The van der Waals surface area contributed by atoms with Gasteiger partial charge >= 0.3 is 0 Å². The maximum atomic E-state index is 12.0. The van der Waals surface area contributed by atoms with E-state index in [1.165, 1.54) is 22.3 Å². The summed E-state index contributed by atoms with van der Waals surface area (Å²) in [6.45, 7) is 0. The maximum absolute atomic E-state index is 12.0. The Balaban J connectivity index is 2.30. The van der Waals surface area contributed by atoms with E-state index in [1.54, 1.807) is 25.2 Å². The van der Waals surface area contributed by atoms with Crippen LogP contribution >= 0.6 is 11.3 Å². The van der Waals surface area contributed by atoms with Crippen molar-refractivity contribution in [1.29, 1.82) is 0 Å². The molecule has 0 aliphatic heterocycles. The number of carbonyl (C=O) groups is 1. The monoisotopic (exact) mass is 233 g/mol. The zero-order valence-corrected chi connectivity index (χ0v) is 9.57. The van der Waals surface area contributed by atoms with E-state index in [0.717, 1.165) is 5.00 Å². The molecule has 1 N–H and O–H groups in total. The number of thiophene rings is 1. The second-order valence-corrected chi connectivity index (χ2v) is 4.26. The second-order valence-electron chi connectivity index (χ2n) is 3.33. The zero-order chi connectivity index (χ0) is 11.5. The number of benzene rings is 1. The summed E-state index contributed by atoms with van der Waals surface area (Å²) in [5.74, 6) is -0.198. The number of para-hydroxylation sites is 1. The molecule has 0 fully saturated rings. The van der Waals surface area contributed by atoms with Crippen LogP contribution in [0.1, 0.15) is 10.4 Å². The van der Waals surface area contributed by atoms with Crippen LogP contribution in [0, 0.1) is 0 Å². The van der Waals surface area contributed by atoms with E-state index in [-0.39, 0.29) is 11.7 Å². The van der Waals surface area contributed by atoms with Gasteiger partial charge in [-0.1, -0.05) is 12.1 Å². The van der Waals surface area contributed by atoms with Crippen molar-refractivity contribution in [1.82, 2.24) is 0 Å². The molecule has 1 heterocycles. The Morgan fingerprint density at radius 2 is 2.00 bits per heavy atom. The third-order valence-electron chi connectivity index (χ3n) is 2.28. The summed E-state index contributed by atoms with van der Waals surface area (Å²) in [4.78, 5) is 13.6. The van der Waals surface area contributed by atoms with Gasteiger partial charge in [0.2, 0.25) is 0 Å². The lowest BCUT2D eigenvalue weighted by Crippen LogP contribution is -2.25. The van der Waals surface area contributed by atoms with Crippen molar-refractivity contribution in [3.63, 3.8) is 0 Å². The van der Waals surface area contributed by atoms with Crippen molar-refractivity contribution in [2.24, 2.45) is 0 Å². The lowest BCUT2D eigenvalue weighted by molar-refractivity contribution is 0.0991. The third kappa shape index (κ3) is 1.92. The molecule has 0 aliphatic rings. The largest absolute Gasteiger partial charge is 0.507 e. The molecular formula is C12H11NO2S. The number of rotatable bonds is 2. The fraction of sp³-hybridized carbons (Fsp3) is 0.0833. The minimum absolute atomic E-state index is 0.0101. The molecule has 0 atom stereocenters. The zero-order valence-electron chi connectivity index (χ0n) is 8.75. The molecule has 0 bridgehead atoms. The molecule has 1 aromatic heterocycles. The van der Waals surface area contributed by atoms with Crippen molar-refractivity contribution in [2.75, 3.05) is 11.9 Å². The normalized spacial score (nSPS) is 10.1. The average Bonchev–Trinajstić information content (AvgIpc) is 2.81. The van der Waals surface area contributed by atoms with Crippen LogP contribution < -0.4 is 4.90 Å². The van der Waals surface area contributed by atoms with Gasteiger partial charge in [-0.05, 0) is 29.6 Å². The highest BCUT2D eigenvalue weighted by molar-refractivity contribution is 7.14. The number of carbonyl (C=O) groups excluding carboxylic acids is 1. The Hall–Kier alpha value is -1.81. The number of hydrogen-bond acceptors (Lipinski definition) is 3. The van der Waals surface area contributed by atoms with Crippen LogP contribution in [0.5, 0.6) is 5.75 Å². The van der Waals surface area contributed by atoms with Crippen LogP contribution in [0.4, 0.5) is 5.00 Å². The van der Waals surface area contributed by atoms with E-state index in [2.05, 4.69) is 0 Å². The van der Waals surface area contributed by atoms with Gasteiger partial charge in [0, 0.05) is 7.05 Å². The summed E-state index contributed by atoms with van der Waals surface area (Å²) in [5, 5.41) is 12.3. The minimum atomic E-state index is -0.208. The molecule has 0 saturated heterocycles. The summed E-state index contributed by atoms with van der Waals surface area (Å²) in [7, 11) is 1.70. The van der Waals surface area contributed by atoms with Crippen LogP contribution in [0.2, 0.25) is 0 Å². The lowest BCUT2D eigenvalue weighted by atomic mass is 10.2. The molecule has 82 valence electrons. The van der Waals surface area contributed by atoms with E-state index in [4.69, 9.17) is 0 Å². The average molecular weight is 233 g/mol. The Bertz CT molecular complexity index is 493. The summed E-state index contributed by atoms with van der Waals surface area (Å²) in [6.07, 6.45) is 0. The number of amides is 1. The molecule has 1 amide bonds. The number of nitrogens with zero attached hydrogens (tertiary/aromatic N) is 1. The van der Waals surface area contributed by atoms with Crippen LogP contribution in [-0.4, -0.2) is 18.1 Å². The van der Waals surface area contributed by atoms with Gasteiger partial charge in [-0.15, -0.1) is 11.3 Å². The number of aromatic hydroxyl groups is 1. The van der Waals surface area contributed by atoms with Gasteiger partial charge in [0.25, 0.3) is 5.91 Å². The second kappa shape index (κ2) is 4.37. The van der Waals surface area contributed by atoms with Gasteiger partial charge in [0.15, 0.2) is 0 Å². The Morgan fingerprint density at radius 3 is 2.62 bits per heavy atom. The predicted molar refractivity (Wildman–Crippen MR) is 65.2 cm³/mol. The molecule has 2 aromatic rings. The van der Waals surface area contributed by atoms with Gasteiger partial charge < -0.3 is 10.0 Å². The van der Waals surface area contributed by atoms with E-state index in [9.17, 15) is 9.90 Å². The SMILES string of the molecule is CN(C(=O)c1ccccc1O)c1cccs1. The smallest absolute Gasteiger partial charge is 0.262 e. The van der Waals surface area contributed by atoms with Gasteiger partial charge in [-0.25, -0.2) is 0 Å². The van der Waals surface area contributed by atoms with Crippen LogP contribution in [-0.2, 0) is 0 Å². The number of anilines is 1. The van der Waals surface area contributed by atoms with Crippen molar-refractivity contribution in [3.05, 3.63) is 47.3 Å². The van der Waals surface area contributed by atoms with E-state index in [1.807, 2.05) is 17.5 Å². The van der Waals surface area contributed by atoms with Crippen molar-refractivity contribution in [3.8, 4) is 5.75 Å². The third-order valence-corrected chi connectivity index (χ3v) is 3.22. The fourth-order valence-electron chi connectivity index (χ4n) is 1.40. The summed E-state index contributed by atoms with van der Waals surface area (Å²) in [6, 6.07) is 10.3. The topological polar surface area (TPSA) is 40.5 Å². The quantitative estimate of drug-likeness (QED) is 0.866. The molecule has 16 heavy (non-hydrogen) atoms. The first kappa shape index (κ1) is 10.7. The molecule has 0 aliphatic carbocycles. The first-order valence-electron chi connectivity index (χ1n) is 4.79. The Labute approximate surface area is 97.6 Å². The van der Waals surface area contributed by atoms with Crippen molar-refractivity contribution in [2.45, 2.75) is 0 Å². The molecule has 0 saturated carbocycles. The highest BCUT2D eigenvalue weighted by Gasteiger charge is 2.16. The molecule has 1 aromatic carbocycles. The molecule has 3 nitrogen and oxygen atoms in total. The van der Waals surface area contributed by atoms with Gasteiger partial charge in [-0.2, -0.15) is 0 Å². The van der Waals surface area contributed by atoms with E-state index >= 15 is 0 Å². The van der Waals surface area contributed by atoms with Crippen LogP contribution in [0.3, 0.4) is 0 Å². The highest BCUT2D eigenvalue weighted by Crippen LogP contribution is 2.24. The lowest BCUT2D eigenvalue weighted by Gasteiger charge is -2.15. The predicted octanol–water partition coefficient (Wildman–Crippen LogP) is 2.73. The van der Waals surface area contributed by atoms with Crippen LogP contribution in [0.25, 0.3) is 0 Å². The number of phenolic OH excluding ortho intramolecular Hbond substituents is 1. The minimum Gasteiger partial charge on any atom is -0.507 e. The van der Waals surface area contributed by atoms with E-state index < -0.39 is 0 Å². The summed E-state index contributed by atoms with van der Waals surface area (Å²) >= 11 is 1.48. The Morgan fingerprint density at radius 1 is 1.25 bits per heavy atom. The molecule has 4 heteroatoms. The summed E-state index contributed by atoms with van der Waals surface area (Å²) < 4.78 is 0. The van der Waals surface area contributed by atoms with Crippen LogP contribution in [0.15, 0.2) is 41.8 Å². The molecular weight excluding hydrogens is 222 g/mol. The molecule has 2 rings (SSSR count). The van der Waals surface area contributed by atoms with Gasteiger partial charge in [0.05, 0.1) is 10.6 Å². The standard InChI is InChI=1S/C12H11NO2S/c1-13(11-7-4-8-16-11)12(15)9-5-2-3-6-10(9)14/h2-8,14H,1H3.